The van der Waals surface area contributed by atoms with Crippen molar-refractivity contribution < 1.29 is 22.0 Å². The van der Waals surface area contributed by atoms with Crippen LogP contribution in [-0.2, 0) is 16.4 Å². The zero-order chi connectivity index (χ0) is 20.5. The molecule has 0 radical (unpaired) electrons. The standard InChI is InChI=1S/C19H17F2N3O3S/c1-3-15-17(23-18(22-15)12-8-13(20)10-14(21)9-12)19(25)24-28(26,27)16-7-5-4-6-11(16)2/h4-10H,3H2,1-2H3,(H,22,23)(H,24,25). The number of sulfonamides is 1. The van der Waals surface area contributed by atoms with Gasteiger partial charge in [0.15, 0.2) is 5.69 Å². The molecule has 2 aromatic carbocycles. The van der Waals surface area contributed by atoms with Crippen LogP contribution < -0.4 is 4.72 Å². The Kier molecular flexibility index (Phi) is 5.28. The van der Waals surface area contributed by atoms with E-state index in [4.69, 9.17) is 0 Å². The van der Waals surface area contributed by atoms with Crippen LogP contribution >= 0.6 is 0 Å². The van der Waals surface area contributed by atoms with Crippen LogP contribution in [-0.4, -0.2) is 24.3 Å². The van der Waals surface area contributed by atoms with E-state index < -0.39 is 27.6 Å². The third-order valence-corrected chi connectivity index (χ3v) is 5.58. The number of halogens is 2. The van der Waals surface area contributed by atoms with Crippen molar-refractivity contribution in [3.05, 3.63) is 71.1 Å². The molecule has 0 aliphatic carbocycles. The minimum atomic E-state index is -4.11. The summed E-state index contributed by atoms with van der Waals surface area (Å²) < 4.78 is 54.0. The highest BCUT2D eigenvalue weighted by Crippen LogP contribution is 2.22. The fourth-order valence-electron chi connectivity index (χ4n) is 2.76. The van der Waals surface area contributed by atoms with E-state index in [1.54, 1.807) is 32.0 Å². The number of carbonyl (C=O) groups is 1. The normalized spacial score (nSPS) is 11.4. The first-order valence-corrected chi connectivity index (χ1v) is 9.87. The maximum atomic E-state index is 13.5. The molecule has 0 unspecified atom stereocenters. The van der Waals surface area contributed by atoms with E-state index in [-0.39, 0.29) is 22.0 Å². The summed E-state index contributed by atoms with van der Waals surface area (Å²) in [5.41, 5.74) is 0.779. The summed E-state index contributed by atoms with van der Waals surface area (Å²) in [5, 5.41) is 0. The van der Waals surface area contributed by atoms with Crippen LogP contribution in [0.3, 0.4) is 0 Å². The Balaban J connectivity index is 1.96. The second-order valence-electron chi connectivity index (χ2n) is 6.12. The largest absolute Gasteiger partial charge is 0.341 e. The number of H-pyrrole nitrogens is 1. The molecule has 0 atom stereocenters. The van der Waals surface area contributed by atoms with Gasteiger partial charge in [0.2, 0.25) is 0 Å². The van der Waals surface area contributed by atoms with Crippen LogP contribution in [0.4, 0.5) is 8.78 Å². The van der Waals surface area contributed by atoms with Crippen molar-refractivity contribution in [1.29, 1.82) is 0 Å². The quantitative estimate of drug-likeness (QED) is 0.681. The number of amides is 1. The average Bonchev–Trinajstić information content (AvgIpc) is 3.05. The molecule has 0 bridgehead atoms. The molecule has 9 heteroatoms. The average molecular weight is 405 g/mol. The molecule has 3 aromatic rings. The lowest BCUT2D eigenvalue weighted by molar-refractivity contribution is 0.0976. The van der Waals surface area contributed by atoms with Gasteiger partial charge in [0.25, 0.3) is 15.9 Å². The minimum Gasteiger partial charge on any atom is -0.341 e. The molecule has 146 valence electrons. The van der Waals surface area contributed by atoms with Gasteiger partial charge in [-0.1, -0.05) is 25.1 Å². The molecule has 3 rings (SSSR count). The third-order valence-electron chi connectivity index (χ3n) is 4.09. The van der Waals surface area contributed by atoms with Crippen LogP contribution in [0.15, 0.2) is 47.4 Å². The minimum absolute atomic E-state index is 0.0237. The number of aromatic amines is 1. The van der Waals surface area contributed by atoms with Crippen LogP contribution in [0.25, 0.3) is 11.4 Å². The molecule has 1 aromatic heterocycles. The second-order valence-corrected chi connectivity index (χ2v) is 7.78. The van der Waals surface area contributed by atoms with Crippen molar-refractivity contribution in [1.82, 2.24) is 14.7 Å². The van der Waals surface area contributed by atoms with Crippen molar-refractivity contribution in [3.8, 4) is 11.4 Å². The predicted molar refractivity (Wildman–Crippen MR) is 99.1 cm³/mol. The lowest BCUT2D eigenvalue weighted by Gasteiger charge is -2.08. The van der Waals surface area contributed by atoms with E-state index in [9.17, 15) is 22.0 Å². The maximum absolute atomic E-state index is 13.5. The number of benzene rings is 2. The van der Waals surface area contributed by atoms with Gasteiger partial charge in [0.05, 0.1) is 4.90 Å². The Morgan fingerprint density at radius 1 is 1.14 bits per heavy atom. The van der Waals surface area contributed by atoms with E-state index in [0.717, 1.165) is 18.2 Å². The molecule has 0 aliphatic heterocycles. The molecule has 0 fully saturated rings. The number of carbonyl (C=O) groups excluding carboxylic acids is 1. The molecular weight excluding hydrogens is 388 g/mol. The van der Waals surface area contributed by atoms with Crippen LogP contribution in [0.2, 0.25) is 0 Å². The second kappa shape index (κ2) is 7.51. The fraction of sp³-hybridized carbons (Fsp3) is 0.158. The van der Waals surface area contributed by atoms with Gasteiger partial charge in [-0.25, -0.2) is 26.9 Å². The molecule has 0 saturated heterocycles. The van der Waals surface area contributed by atoms with Crippen molar-refractivity contribution in [2.75, 3.05) is 0 Å². The lowest BCUT2D eigenvalue weighted by atomic mass is 10.2. The van der Waals surface area contributed by atoms with Gasteiger partial charge in [-0.2, -0.15) is 0 Å². The Bertz CT molecular complexity index is 1140. The molecule has 0 aliphatic rings. The number of aryl methyl sites for hydroxylation is 2. The van der Waals surface area contributed by atoms with Gasteiger partial charge in [-0.05, 0) is 37.1 Å². The number of aromatic nitrogens is 2. The van der Waals surface area contributed by atoms with Crippen LogP contribution in [0.5, 0.6) is 0 Å². The Labute approximate surface area is 160 Å². The number of imidazole rings is 1. The summed E-state index contributed by atoms with van der Waals surface area (Å²) in [5.74, 6) is -2.46. The summed E-state index contributed by atoms with van der Waals surface area (Å²) in [6.07, 6.45) is 0.331. The fourth-order valence-corrected chi connectivity index (χ4v) is 3.96. The topological polar surface area (TPSA) is 91.9 Å². The summed E-state index contributed by atoms with van der Waals surface area (Å²) in [7, 11) is -4.11. The first-order chi connectivity index (χ1) is 13.2. The highest BCUT2D eigenvalue weighted by atomic mass is 32.2. The van der Waals surface area contributed by atoms with Gasteiger partial charge >= 0.3 is 0 Å². The summed E-state index contributed by atoms with van der Waals surface area (Å²) in [4.78, 5) is 19.4. The lowest BCUT2D eigenvalue weighted by Crippen LogP contribution is -2.32. The van der Waals surface area contributed by atoms with Gasteiger partial charge in [-0.15, -0.1) is 0 Å². The number of nitrogens with one attached hydrogen (secondary N) is 2. The summed E-state index contributed by atoms with van der Waals surface area (Å²) in [6, 6.07) is 9.08. The first-order valence-electron chi connectivity index (χ1n) is 8.39. The molecule has 1 heterocycles. The molecular formula is C19H17F2N3O3S. The zero-order valence-corrected chi connectivity index (χ0v) is 15.9. The highest BCUT2D eigenvalue weighted by molar-refractivity contribution is 7.90. The van der Waals surface area contributed by atoms with Crippen molar-refractivity contribution >= 4 is 15.9 Å². The number of hydrogen-bond acceptors (Lipinski definition) is 4. The molecule has 1 amide bonds. The van der Waals surface area contributed by atoms with Gasteiger partial charge in [-0.3, -0.25) is 4.79 Å². The van der Waals surface area contributed by atoms with Crippen LogP contribution in [0, 0.1) is 18.6 Å². The van der Waals surface area contributed by atoms with E-state index >= 15 is 0 Å². The van der Waals surface area contributed by atoms with Crippen molar-refractivity contribution in [3.63, 3.8) is 0 Å². The molecule has 6 nitrogen and oxygen atoms in total. The number of hydrogen-bond donors (Lipinski definition) is 2. The van der Waals surface area contributed by atoms with Gasteiger partial charge in [0, 0.05) is 17.3 Å². The van der Waals surface area contributed by atoms with Crippen LogP contribution in [0.1, 0.15) is 28.7 Å². The molecule has 2 N–H and O–H groups in total. The van der Waals surface area contributed by atoms with E-state index in [0.29, 0.717) is 17.7 Å². The summed E-state index contributed by atoms with van der Waals surface area (Å²) in [6.45, 7) is 3.34. The van der Waals surface area contributed by atoms with E-state index in [1.807, 2.05) is 4.72 Å². The predicted octanol–water partition coefficient (Wildman–Crippen LogP) is 3.34. The van der Waals surface area contributed by atoms with E-state index in [2.05, 4.69) is 9.97 Å². The van der Waals surface area contributed by atoms with E-state index in [1.165, 1.54) is 6.07 Å². The molecule has 0 spiro atoms. The molecule has 0 saturated carbocycles. The number of nitrogens with zero attached hydrogens (tertiary/aromatic N) is 1. The highest BCUT2D eigenvalue weighted by Gasteiger charge is 2.24. The van der Waals surface area contributed by atoms with Gasteiger partial charge in [0.1, 0.15) is 17.5 Å². The van der Waals surface area contributed by atoms with Gasteiger partial charge < -0.3 is 4.98 Å². The third kappa shape index (κ3) is 3.94. The maximum Gasteiger partial charge on any atom is 0.285 e. The molecule has 28 heavy (non-hydrogen) atoms. The Hall–Kier alpha value is -3.07. The summed E-state index contributed by atoms with van der Waals surface area (Å²) >= 11 is 0. The van der Waals surface area contributed by atoms with Crippen molar-refractivity contribution in [2.24, 2.45) is 0 Å². The monoisotopic (exact) mass is 405 g/mol. The Morgan fingerprint density at radius 2 is 1.79 bits per heavy atom. The Morgan fingerprint density at radius 3 is 2.39 bits per heavy atom. The smallest absolute Gasteiger partial charge is 0.285 e. The SMILES string of the molecule is CCc1[nH]c(-c2cc(F)cc(F)c2)nc1C(=O)NS(=O)(=O)c1ccccc1C. The zero-order valence-electron chi connectivity index (χ0n) is 15.1. The first kappa shape index (κ1) is 19.7. The van der Waals surface area contributed by atoms with Crippen molar-refractivity contribution in [2.45, 2.75) is 25.2 Å². The number of rotatable bonds is 5.